The minimum Gasteiger partial charge on any atom is -0.397 e. The summed E-state index contributed by atoms with van der Waals surface area (Å²) >= 11 is 0. The van der Waals surface area contributed by atoms with Crippen LogP contribution < -0.4 is 10.6 Å². The van der Waals surface area contributed by atoms with E-state index >= 15 is 0 Å². The second kappa shape index (κ2) is 7.27. The highest BCUT2D eigenvalue weighted by Crippen LogP contribution is 2.29. The molecule has 1 aromatic rings. The fourth-order valence-electron chi connectivity index (χ4n) is 2.33. The van der Waals surface area contributed by atoms with E-state index in [1.807, 2.05) is 0 Å². The van der Waals surface area contributed by atoms with Crippen molar-refractivity contribution in [2.24, 2.45) is 0 Å². The molecule has 0 bridgehead atoms. The Kier molecular flexibility index (Phi) is 5.99. The Morgan fingerprint density at radius 1 is 1.28 bits per heavy atom. The maximum absolute atomic E-state index is 6.22. The Bertz CT molecular complexity index is 362. The van der Waals surface area contributed by atoms with Crippen molar-refractivity contribution in [2.45, 2.75) is 39.7 Å². The maximum Gasteiger partial charge on any atom is 0.0637 e. The molecule has 0 aromatic heterocycles. The number of aryl methyl sites for hydroxylation is 1. The highest BCUT2D eigenvalue weighted by molar-refractivity contribution is 5.71. The van der Waals surface area contributed by atoms with E-state index in [-0.39, 0.29) is 0 Å². The van der Waals surface area contributed by atoms with Crippen LogP contribution in [0.4, 0.5) is 11.4 Å². The molecule has 0 amide bonds. The zero-order valence-corrected chi connectivity index (χ0v) is 12.1. The number of para-hydroxylation sites is 1. The number of anilines is 2. The van der Waals surface area contributed by atoms with E-state index < -0.39 is 0 Å². The van der Waals surface area contributed by atoms with Gasteiger partial charge in [0.2, 0.25) is 0 Å². The SMILES string of the molecule is CCC(CC)N(CCOC)c1cccc(C)c1N. The number of nitrogen functional groups attached to an aromatic ring is 1. The van der Waals surface area contributed by atoms with E-state index in [1.54, 1.807) is 7.11 Å². The molecule has 102 valence electrons. The molecular weight excluding hydrogens is 224 g/mol. The summed E-state index contributed by atoms with van der Waals surface area (Å²) in [5.74, 6) is 0. The highest BCUT2D eigenvalue weighted by atomic mass is 16.5. The number of nitrogens with zero attached hydrogens (tertiary/aromatic N) is 1. The zero-order chi connectivity index (χ0) is 13.5. The molecule has 2 N–H and O–H groups in total. The van der Waals surface area contributed by atoms with Crippen LogP contribution in [0.3, 0.4) is 0 Å². The van der Waals surface area contributed by atoms with Gasteiger partial charge in [0.05, 0.1) is 18.0 Å². The summed E-state index contributed by atoms with van der Waals surface area (Å²) in [6.07, 6.45) is 2.24. The Balaban J connectivity index is 3.04. The van der Waals surface area contributed by atoms with Gasteiger partial charge in [0.15, 0.2) is 0 Å². The third-order valence-corrected chi connectivity index (χ3v) is 3.53. The van der Waals surface area contributed by atoms with Crippen LogP contribution in [0.5, 0.6) is 0 Å². The van der Waals surface area contributed by atoms with Gasteiger partial charge in [-0.05, 0) is 31.4 Å². The van der Waals surface area contributed by atoms with E-state index in [9.17, 15) is 0 Å². The molecule has 0 unspecified atom stereocenters. The minimum atomic E-state index is 0.518. The van der Waals surface area contributed by atoms with Crippen LogP contribution in [0.15, 0.2) is 18.2 Å². The first-order chi connectivity index (χ1) is 8.65. The third kappa shape index (κ3) is 3.39. The van der Waals surface area contributed by atoms with Gasteiger partial charge in [-0.1, -0.05) is 26.0 Å². The third-order valence-electron chi connectivity index (χ3n) is 3.53. The molecule has 0 fully saturated rings. The summed E-state index contributed by atoms with van der Waals surface area (Å²) in [4.78, 5) is 2.38. The van der Waals surface area contributed by atoms with Crippen molar-refractivity contribution in [3.63, 3.8) is 0 Å². The van der Waals surface area contributed by atoms with Gasteiger partial charge in [0.25, 0.3) is 0 Å². The Morgan fingerprint density at radius 2 is 1.94 bits per heavy atom. The van der Waals surface area contributed by atoms with Crippen molar-refractivity contribution >= 4 is 11.4 Å². The van der Waals surface area contributed by atoms with Crippen LogP contribution in [0.1, 0.15) is 32.3 Å². The first-order valence-electron chi connectivity index (χ1n) is 6.76. The summed E-state index contributed by atoms with van der Waals surface area (Å²) in [6.45, 7) is 8.11. The lowest BCUT2D eigenvalue weighted by Gasteiger charge is -2.33. The van der Waals surface area contributed by atoms with Crippen LogP contribution in [-0.2, 0) is 4.74 Å². The molecule has 3 nitrogen and oxygen atoms in total. The quantitative estimate of drug-likeness (QED) is 0.755. The fourth-order valence-corrected chi connectivity index (χ4v) is 2.33. The van der Waals surface area contributed by atoms with Gasteiger partial charge in [-0.3, -0.25) is 0 Å². The number of benzene rings is 1. The predicted octanol–water partition coefficient (Wildman–Crippen LogP) is 3.22. The van der Waals surface area contributed by atoms with E-state index in [2.05, 4.69) is 43.9 Å². The van der Waals surface area contributed by atoms with E-state index in [0.29, 0.717) is 6.04 Å². The van der Waals surface area contributed by atoms with Crippen LogP contribution in [0.2, 0.25) is 0 Å². The van der Waals surface area contributed by atoms with Crippen LogP contribution >= 0.6 is 0 Å². The topological polar surface area (TPSA) is 38.5 Å². The van der Waals surface area contributed by atoms with Crippen molar-refractivity contribution in [2.75, 3.05) is 30.9 Å². The molecule has 0 aliphatic carbocycles. The number of ether oxygens (including phenoxy) is 1. The van der Waals surface area contributed by atoms with Crippen LogP contribution in [-0.4, -0.2) is 26.3 Å². The molecule has 0 atom stereocenters. The Hall–Kier alpha value is -1.22. The molecule has 0 saturated carbocycles. The summed E-state index contributed by atoms with van der Waals surface area (Å²) in [7, 11) is 1.74. The predicted molar refractivity (Wildman–Crippen MR) is 79.2 cm³/mol. The highest BCUT2D eigenvalue weighted by Gasteiger charge is 2.18. The molecule has 0 spiro atoms. The van der Waals surface area contributed by atoms with E-state index in [4.69, 9.17) is 10.5 Å². The number of hydrogen-bond donors (Lipinski definition) is 1. The molecule has 1 aromatic carbocycles. The van der Waals surface area contributed by atoms with Crippen molar-refractivity contribution in [1.29, 1.82) is 0 Å². The summed E-state index contributed by atoms with van der Waals surface area (Å²) in [5, 5.41) is 0. The van der Waals surface area contributed by atoms with Crippen molar-refractivity contribution < 1.29 is 4.74 Å². The second-order valence-corrected chi connectivity index (χ2v) is 4.66. The van der Waals surface area contributed by atoms with Gasteiger partial charge < -0.3 is 15.4 Å². The maximum atomic E-state index is 6.22. The lowest BCUT2D eigenvalue weighted by molar-refractivity contribution is 0.202. The number of nitrogens with two attached hydrogens (primary N) is 1. The molecule has 0 aliphatic rings. The number of hydrogen-bond acceptors (Lipinski definition) is 3. The van der Waals surface area contributed by atoms with Gasteiger partial charge in [0, 0.05) is 19.7 Å². The Morgan fingerprint density at radius 3 is 2.50 bits per heavy atom. The van der Waals surface area contributed by atoms with E-state index in [0.717, 1.165) is 42.9 Å². The molecule has 1 rings (SSSR count). The van der Waals surface area contributed by atoms with Gasteiger partial charge in [0.1, 0.15) is 0 Å². The number of rotatable bonds is 7. The van der Waals surface area contributed by atoms with Gasteiger partial charge in [-0.15, -0.1) is 0 Å². The van der Waals surface area contributed by atoms with Crippen LogP contribution in [0.25, 0.3) is 0 Å². The number of methoxy groups -OCH3 is 1. The van der Waals surface area contributed by atoms with E-state index in [1.165, 1.54) is 0 Å². The molecule has 0 heterocycles. The summed E-state index contributed by atoms with van der Waals surface area (Å²) in [5.41, 5.74) is 9.39. The van der Waals surface area contributed by atoms with Gasteiger partial charge >= 0.3 is 0 Å². The normalized spacial score (nSPS) is 10.9. The zero-order valence-electron chi connectivity index (χ0n) is 12.1. The lowest BCUT2D eigenvalue weighted by atomic mass is 10.1. The van der Waals surface area contributed by atoms with Crippen molar-refractivity contribution in [3.05, 3.63) is 23.8 Å². The average molecular weight is 250 g/mol. The molecule has 0 aliphatic heterocycles. The first kappa shape index (κ1) is 14.8. The fraction of sp³-hybridized carbons (Fsp3) is 0.600. The summed E-state index contributed by atoms with van der Waals surface area (Å²) < 4.78 is 5.22. The van der Waals surface area contributed by atoms with Crippen LogP contribution in [0, 0.1) is 6.92 Å². The molecule has 3 heteroatoms. The van der Waals surface area contributed by atoms with Crippen molar-refractivity contribution in [1.82, 2.24) is 0 Å². The van der Waals surface area contributed by atoms with Gasteiger partial charge in [-0.25, -0.2) is 0 Å². The molecule has 0 saturated heterocycles. The monoisotopic (exact) mass is 250 g/mol. The average Bonchev–Trinajstić information content (AvgIpc) is 2.38. The minimum absolute atomic E-state index is 0.518. The molecule has 0 radical (unpaired) electrons. The Labute approximate surface area is 111 Å². The summed E-state index contributed by atoms with van der Waals surface area (Å²) in [6, 6.07) is 6.75. The molecule has 18 heavy (non-hydrogen) atoms. The lowest BCUT2D eigenvalue weighted by Crippen LogP contribution is -2.37. The molecular formula is C15H26N2O. The second-order valence-electron chi connectivity index (χ2n) is 4.66. The first-order valence-corrected chi connectivity index (χ1v) is 6.76. The largest absolute Gasteiger partial charge is 0.397 e. The standard InChI is InChI=1S/C15H26N2O/c1-5-13(6-2)17(10-11-18-4)14-9-7-8-12(3)15(14)16/h7-9,13H,5-6,10-11,16H2,1-4H3. The van der Waals surface area contributed by atoms with Crippen molar-refractivity contribution in [3.8, 4) is 0 Å². The smallest absolute Gasteiger partial charge is 0.0637 e. The van der Waals surface area contributed by atoms with Gasteiger partial charge in [-0.2, -0.15) is 0 Å².